The molecule has 0 aliphatic rings. The summed E-state index contributed by atoms with van der Waals surface area (Å²) in [7, 11) is 0. The first-order chi connectivity index (χ1) is 11.2. The Balaban J connectivity index is 1.81. The largest absolute Gasteiger partial charge is 0.344 e. The summed E-state index contributed by atoms with van der Waals surface area (Å²) in [6, 6.07) is 7.64. The number of carbonyl (C=O) groups is 1. The van der Waals surface area contributed by atoms with Crippen LogP contribution in [0, 0.1) is 5.92 Å². The van der Waals surface area contributed by atoms with Gasteiger partial charge in [0.05, 0.1) is 17.1 Å². The molecule has 2 heterocycles. The summed E-state index contributed by atoms with van der Waals surface area (Å²) in [5.74, 6) is 0.863. The molecule has 2 N–H and O–H groups in total. The number of nitrogens with one attached hydrogen (secondary N) is 2. The molecule has 2 atom stereocenters. The first-order valence-corrected chi connectivity index (χ1v) is 7.62. The molecule has 120 valence electrons. The SMILES string of the molecule is CCC(C)C(NC(=O)Cn1cnnn1)c1nc2ccccc2[nH]1. The number of aromatic amines is 1. The summed E-state index contributed by atoms with van der Waals surface area (Å²) in [4.78, 5) is 20.2. The summed E-state index contributed by atoms with van der Waals surface area (Å²) in [6.45, 7) is 4.27. The summed E-state index contributed by atoms with van der Waals surface area (Å²) in [5.41, 5.74) is 1.86. The lowest BCUT2D eigenvalue weighted by atomic mass is 9.98. The number of rotatable bonds is 6. The molecule has 0 bridgehead atoms. The number of hydrogen-bond acceptors (Lipinski definition) is 5. The minimum atomic E-state index is -0.184. The molecular formula is C15H19N7O. The zero-order chi connectivity index (χ0) is 16.2. The van der Waals surface area contributed by atoms with Crippen LogP contribution in [-0.4, -0.2) is 36.1 Å². The number of carbonyl (C=O) groups excluding carboxylic acids is 1. The normalized spacial score (nSPS) is 13.8. The fourth-order valence-corrected chi connectivity index (χ4v) is 2.45. The van der Waals surface area contributed by atoms with Gasteiger partial charge in [0, 0.05) is 0 Å². The topological polar surface area (TPSA) is 101 Å². The molecule has 2 aromatic heterocycles. The van der Waals surface area contributed by atoms with E-state index >= 15 is 0 Å². The minimum Gasteiger partial charge on any atom is -0.344 e. The van der Waals surface area contributed by atoms with Gasteiger partial charge in [0.15, 0.2) is 0 Å². The van der Waals surface area contributed by atoms with E-state index in [0.29, 0.717) is 0 Å². The van der Waals surface area contributed by atoms with Gasteiger partial charge < -0.3 is 10.3 Å². The van der Waals surface area contributed by atoms with Crippen LogP contribution in [0.4, 0.5) is 0 Å². The molecule has 0 aliphatic heterocycles. The molecule has 23 heavy (non-hydrogen) atoms. The Hall–Kier alpha value is -2.77. The maximum atomic E-state index is 12.3. The summed E-state index contributed by atoms with van der Waals surface area (Å²) in [6.07, 6.45) is 2.34. The second-order valence-corrected chi connectivity index (χ2v) is 5.58. The van der Waals surface area contributed by atoms with E-state index in [1.165, 1.54) is 11.0 Å². The second-order valence-electron chi connectivity index (χ2n) is 5.58. The average Bonchev–Trinajstić information content (AvgIpc) is 3.20. The van der Waals surface area contributed by atoms with Gasteiger partial charge in [-0.05, 0) is 28.5 Å². The number of aromatic nitrogens is 6. The van der Waals surface area contributed by atoms with Crippen molar-refractivity contribution in [1.29, 1.82) is 0 Å². The molecule has 0 fully saturated rings. The lowest BCUT2D eigenvalue weighted by Crippen LogP contribution is -2.35. The van der Waals surface area contributed by atoms with Crippen LogP contribution in [0.15, 0.2) is 30.6 Å². The lowest BCUT2D eigenvalue weighted by molar-refractivity contribution is -0.123. The van der Waals surface area contributed by atoms with Crippen molar-refractivity contribution in [2.24, 2.45) is 5.92 Å². The Morgan fingerprint density at radius 3 is 2.91 bits per heavy atom. The van der Waals surface area contributed by atoms with Crippen LogP contribution in [0.3, 0.4) is 0 Å². The fraction of sp³-hybridized carbons (Fsp3) is 0.400. The zero-order valence-corrected chi connectivity index (χ0v) is 13.1. The highest BCUT2D eigenvalue weighted by molar-refractivity contribution is 5.77. The number of benzene rings is 1. The second kappa shape index (κ2) is 6.55. The van der Waals surface area contributed by atoms with Crippen LogP contribution >= 0.6 is 0 Å². The van der Waals surface area contributed by atoms with Crippen molar-refractivity contribution in [2.75, 3.05) is 0 Å². The Bertz CT molecular complexity index is 747. The quantitative estimate of drug-likeness (QED) is 0.717. The first-order valence-electron chi connectivity index (χ1n) is 7.62. The van der Waals surface area contributed by atoms with Gasteiger partial charge in [-0.3, -0.25) is 4.79 Å². The number of tetrazole rings is 1. The van der Waals surface area contributed by atoms with Crippen molar-refractivity contribution < 1.29 is 4.79 Å². The van der Waals surface area contributed by atoms with E-state index < -0.39 is 0 Å². The Morgan fingerprint density at radius 1 is 1.39 bits per heavy atom. The molecule has 8 nitrogen and oxygen atoms in total. The zero-order valence-electron chi connectivity index (χ0n) is 13.1. The van der Waals surface area contributed by atoms with Crippen LogP contribution in [0.1, 0.15) is 32.1 Å². The third-order valence-corrected chi connectivity index (χ3v) is 3.93. The van der Waals surface area contributed by atoms with E-state index in [-0.39, 0.29) is 24.4 Å². The minimum absolute atomic E-state index is 0.0835. The van der Waals surface area contributed by atoms with Crippen molar-refractivity contribution in [2.45, 2.75) is 32.9 Å². The monoisotopic (exact) mass is 313 g/mol. The van der Waals surface area contributed by atoms with Gasteiger partial charge in [-0.15, -0.1) is 5.10 Å². The third-order valence-electron chi connectivity index (χ3n) is 3.93. The number of hydrogen-bond donors (Lipinski definition) is 2. The van der Waals surface area contributed by atoms with Gasteiger partial charge in [0.25, 0.3) is 0 Å². The number of H-pyrrole nitrogens is 1. The Kier molecular flexibility index (Phi) is 4.31. The molecule has 1 amide bonds. The molecule has 0 saturated heterocycles. The summed E-state index contributed by atoms with van der Waals surface area (Å²) >= 11 is 0. The molecule has 0 spiro atoms. The maximum Gasteiger partial charge on any atom is 0.242 e. The molecule has 3 aromatic rings. The highest BCUT2D eigenvalue weighted by atomic mass is 16.2. The number of fused-ring (bicyclic) bond motifs is 1. The maximum absolute atomic E-state index is 12.3. The molecule has 1 aromatic carbocycles. The molecule has 0 saturated carbocycles. The van der Waals surface area contributed by atoms with Crippen molar-refractivity contribution in [3.63, 3.8) is 0 Å². The van der Waals surface area contributed by atoms with Crippen LogP contribution in [0.2, 0.25) is 0 Å². The smallest absolute Gasteiger partial charge is 0.242 e. The van der Waals surface area contributed by atoms with Gasteiger partial charge in [-0.1, -0.05) is 32.4 Å². The van der Waals surface area contributed by atoms with Gasteiger partial charge >= 0.3 is 0 Å². The van der Waals surface area contributed by atoms with E-state index in [4.69, 9.17) is 0 Å². The lowest BCUT2D eigenvalue weighted by Gasteiger charge is -2.22. The fourth-order valence-electron chi connectivity index (χ4n) is 2.45. The van der Waals surface area contributed by atoms with E-state index in [0.717, 1.165) is 23.3 Å². The van der Waals surface area contributed by atoms with Crippen LogP contribution in [0.5, 0.6) is 0 Å². The molecular weight excluding hydrogens is 294 g/mol. The highest BCUT2D eigenvalue weighted by Gasteiger charge is 2.23. The number of imidazole rings is 1. The van der Waals surface area contributed by atoms with Crippen LogP contribution < -0.4 is 5.32 Å². The number of nitrogens with zero attached hydrogens (tertiary/aromatic N) is 5. The standard InChI is InChI=1S/C15H19N7O/c1-3-10(2)14(19-13(23)8-22-9-16-20-21-22)15-17-11-6-4-5-7-12(11)18-15/h4-7,9-10,14H,3,8H2,1-2H3,(H,17,18)(H,19,23). The van der Waals surface area contributed by atoms with Gasteiger partial charge in [0.2, 0.25) is 5.91 Å². The highest BCUT2D eigenvalue weighted by Crippen LogP contribution is 2.24. The average molecular weight is 313 g/mol. The number of para-hydroxylation sites is 2. The Labute approximate surface area is 133 Å². The molecule has 0 aliphatic carbocycles. The third kappa shape index (κ3) is 3.36. The molecule has 0 radical (unpaired) electrons. The molecule has 8 heteroatoms. The predicted octanol–water partition coefficient (Wildman–Crippen LogP) is 1.45. The first kappa shape index (κ1) is 15.1. The summed E-state index contributed by atoms with van der Waals surface area (Å²) < 4.78 is 1.39. The number of amides is 1. The molecule has 2 unspecified atom stereocenters. The van der Waals surface area contributed by atoms with Crippen molar-refractivity contribution in [1.82, 2.24) is 35.5 Å². The molecule has 3 rings (SSSR count). The van der Waals surface area contributed by atoms with E-state index in [9.17, 15) is 4.79 Å². The van der Waals surface area contributed by atoms with E-state index in [2.05, 4.69) is 44.7 Å². The van der Waals surface area contributed by atoms with Gasteiger partial charge in [-0.25, -0.2) is 9.67 Å². The van der Waals surface area contributed by atoms with E-state index in [1.54, 1.807) is 0 Å². The van der Waals surface area contributed by atoms with Crippen molar-refractivity contribution in [3.8, 4) is 0 Å². The van der Waals surface area contributed by atoms with Gasteiger partial charge in [0.1, 0.15) is 18.7 Å². The Morgan fingerprint density at radius 2 is 2.22 bits per heavy atom. The van der Waals surface area contributed by atoms with Crippen molar-refractivity contribution >= 4 is 16.9 Å². The van der Waals surface area contributed by atoms with E-state index in [1.807, 2.05) is 24.3 Å². The van der Waals surface area contributed by atoms with Crippen molar-refractivity contribution in [3.05, 3.63) is 36.4 Å². The van der Waals surface area contributed by atoms with Crippen LogP contribution in [-0.2, 0) is 11.3 Å². The predicted molar refractivity (Wildman–Crippen MR) is 84.2 cm³/mol. The van der Waals surface area contributed by atoms with Crippen LogP contribution in [0.25, 0.3) is 11.0 Å². The van der Waals surface area contributed by atoms with Gasteiger partial charge in [-0.2, -0.15) is 0 Å². The summed E-state index contributed by atoms with van der Waals surface area (Å²) in [5, 5.41) is 13.8.